The second kappa shape index (κ2) is 10.1. The summed E-state index contributed by atoms with van der Waals surface area (Å²) in [4.78, 5) is 16.5. The molecule has 6 heteroatoms. The number of aromatic nitrogens is 1. The molecule has 0 aliphatic rings. The van der Waals surface area contributed by atoms with E-state index in [1.54, 1.807) is 18.3 Å². The second-order valence-electron chi connectivity index (χ2n) is 6.31. The predicted molar refractivity (Wildman–Crippen MR) is 109 cm³/mol. The van der Waals surface area contributed by atoms with Crippen LogP contribution < -0.4 is 5.32 Å². The summed E-state index contributed by atoms with van der Waals surface area (Å²) in [5.41, 5.74) is 3.05. The van der Waals surface area contributed by atoms with Gasteiger partial charge in [-0.3, -0.25) is 4.79 Å². The molecular weight excluding hydrogens is 376 g/mol. The Morgan fingerprint density at radius 3 is 2.64 bits per heavy atom. The zero-order chi connectivity index (χ0) is 19.8. The molecule has 28 heavy (non-hydrogen) atoms. The predicted octanol–water partition coefficient (Wildman–Crippen LogP) is 4.78. The van der Waals surface area contributed by atoms with Gasteiger partial charge in [0.25, 0.3) is 0 Å². The van der Waals surface area contributed by atoms with E-state index in [2.05, 4.69) is 10.3 Å². The van der Waals surface area contributed by atoms with Crippen molar-refractivity contribution >= 4 is 17.5 Å². The summed E-state index contributed by atoms with van der Waals surface area (Å²) in [6, 6.07) is 15.3. The van der Waals surface area contributed by atoms with Gasteiger partial charge >= 0.3 is 0 Å². The highest BCUT2D eigenvalue weighted by Gasteiger charge is 2.10. The van der Waals surface area contributed by atoms with Crippen molar-refractivity contribution in [2.24, 2.45) is 0 Å². The van der Waals surface area contributed by atoms with Crippen LogP contribution in [-0.2, 0) is 29.1 Å². The summed E-state index contributed by atoms with van der Waals surface area (Å²) >= 11 is 5.90. The normalized spacial score (nSPS) is 10.8. The summed E-state index contributed by atoms with van der Waals surface area (Å²) in [5, 5.41) is 3.62. The number of nitrogens with zero attached hydrogens (tertiary/aromatic N) is 1. The molecule has 0 aliphatic heterocycles. The Kier molecular flexibility index (Phi) is 7.23. The number of carbonyl (C=O) groups excluding carboxylic acids is 1. The molecule has 0 radical (unpaired) electrons. The average Bonchev–Trinajstić information content (AvgIpc) is 3.19. The van der Waals surface area contributed by atoms with Crippen molar-refractivity contribution in [1.82, 2.24) is 10.3 Å². The summed E-state index contributed by atoms with van der Waals surface area (Å²) in [5.74, 6) is 1.16. The standard InChI is InChI=1S/C22H23ClN2O3/c1-2-27-15-18-6-4-3-5-17(18)13-24-21(26)11-12-22-25-14-20(28-22)16-7-9-19(23)10-8-16/h3-10,14H,2,11-13,15H2,1H3,(H,24,26). The fourth-order valence-corrected chi connectivity index (χ4v) is 2.88. The highest BCUT2D eigenvalue weighted by molar-refractivity contribution is 6.30. The van der Waals surface area contributed by atoms with Crippen LogP contribution in [0.2, 0.25) is 5.02 Å². The topological polar surface area (TPSA) is 64.4 Å². The minimum Gasteiger partial charge on any atom is -0.441 e. The number of aryl methyl sites for hydroxylation is 1. The van der Waals surface area contributed by atoms with E-state index in [4.69, 9.17) is 20.8 Å². The van der Waals surface area contributed by atoms with Crippen LogP contribution in [0.15, 0.2) is 59.1 Å². The van der Waals surface area contributed by atoms with Crippen molar-refractivity contribution in [3.8, 4) is 11.3 Å². The zero-order valence-corrected chi connectivity index (χ0v) is 16.5. The Hall–Kier alpha value is -2.63. The van der Waals surface area contributed by atoms with Crippen molar-refractivity contribution in [2.75, 3.05) is 6.61 Å². The first-order chi connectivity index (χ1) is 13.7. The van der Waals surface area contributed by atoms with E-state index >= 15 is 0 Å². The maximum atomic E-state index is 12.2. The zero-order valence-electron chi connectivity index (χ0n) is 15.8. The average molecular weight is 399 g/mol. The molecule has 5 nitrogen and oxygen atoms in total. The number of rotatable bonds is 9. The van der Waals surface area contributed by atoms with Gasteiger partial charge < -0.3 is 14.5 Å². The number of hydrogen-bond donors (Lipinski definition) is 1. The van der Waals surface area contributed by atoms with Crippen LogP contribution in [-0.4, -0.2) is 17.5 Å². The molecule has 0 spiro atoms. The van der Waals surface area contributed by atoms with Crippen molar-refractivity contribution in [3.63, 3.8) is 0 Å². The molecule has 3 aromatic rings. The van der Waals surface area contributed by atoms with Gasteiger partial charge in [-0.1, -0.05) is 35.9 Å². The minimum absolute atomic E-state index is 0.0440. The molecule has 1 amide bonds. The van der Waals surface area contributed by atoms with Gasteiger partial charge in [0.15, 0.2) is 11.7 Å². The van der Waals surface area contributed by atoms with Gasteiger partial charge in [0.1, 0.15) is 0 Å². The minimum atomic E-state index is -0.0440. The van der Waals surface area contributed by atoms with E-state index in [1.807, 2.05) is 43.3 Å². The van der Waals surface area contributed by atoms with E-state index in [1.165, 1.54) is 0 Å². The SMILES string of the molecule is CCOCc1ccccc1CNC(=O)CCc1ncc(-c2ccc(Cl)cc2)o1. The van der Waals surface area contributed by atoms with Crippen LogP contribution >= 0.6 is 11.6 Å². The van der Waals surface area contributed by atoms with Gasteiger partial charge in [-0.25, -0.2) is 4.98 Å². The lowest BCUT2D eigenvalue weighted by atomic mass is 10.1. The fourth-order valence-electron chi connectivity index (χ4n) is 2.76. The van der Waals surface area contributed by atoms with Crippen molar-refractivity contribution in [1.29, 1.82) is 0 Å². The van der Waals surface area contributed by atoms with E-state index < -0.39 is 0 Å². The lowest BCUT2D eigenvalue weighted by Crippen LogP contribution is -2.23. The molecular formula is C22H23ClN2O3. The third-order valence-electron chi connectivity index (χ3n) is 4.30. The van der Waals surface area contributed by atoms with Gasteiger partial charge in [-0.15, -0.1) is 0 Å². The van der Waals surface area contributed by atoms with Crippen molar-refractivity contribution < 1.29 is 13.9 Å². The van der Waals surface area contributed by atoms with Crippen LogP contribution in [0, 0.1) is 0 Å². The van der Waals surface area contributed by atoms with Gasteiger partial charge in [0.2, 0.25) is 5.91 Å². The molecule has 3 rings (SSSR count). The molecule has 0 aliphatic carbocycles. The molecule has 1 heterocycles. The van der Waals surface area contributed by atoms with Crippen LogP contribution in [0.1, 0.15) is 30.4 Å². The summed E-state index contributed by atoms with van der Waals surface area (Å²) in [7, 11) is 0. The Morgan fingerprint density at radius 1 is 1.14 bits per heavy atom. The number of nitrogens with one attached hydrogen (secondary N) is 1. The number of ether oxygens (including phenoxy) is 1. The van der Waals surface area contributed by atoms with Crippen molar-refractivity contribution in [3.05, 3.63) is 76.8 Å². The number of hydrogen-bond acceptors (Lipinski definition) is 4. The summed E-state index contributed by atoms with van der Waals surface area (Å²) < 4.78 is 11.2. The summed E-state index contributed by atoms with van der Waals surface area (Å²) in [6.45, 7) is 3.65. The first-order valence-electron chi connectivity index (χ1n) is 9.27. The molecule has 0 saturated carbocycles. The first kappa shape index (κ1) is 20.1. The maximum Gasteiger partial charge on any atom is 0.220 e. The molecule has 0 fully saturated rings. The lowest BCUT2D eigenvalue weighted by Gasteiger charge is -2.10. The van der Waals surface area contributed by atoms with Gasteiger partial charge in [-0.2, -0.15) is 0 Å². The Balaban J connectivity index is 1.49. The van der Waals surface area contributed by atoms with Crippen molar-refractivity contribution in [2.45, 2.75) is 32.9 Å². The van der Waals surface area contributed by atoms with E-state index in [0.29, 0.717) is 49.3 Å². The molecule has 146 valence electrons. The molecule has 0 unspecified atom stereocenters. The first-order valence-corrected chi connectivity index (χ1v) is 9.65. The van der Waals surface area contributed by atoms with Gasteiger partial charge in [0.05, 0.1) is 12.8 Å². The van der Waals surface area contributed by atoms with E-state index in [9.17, 15) is 4.79 Å². The number of oxazole rings is 1. The molecule has 0 atom stereocenters. The van der Waals surface area contributed by atoms with Crippen LogP contribution in [0.25, 0.3) is 11.3 Å². The molecule has 0 saturated heterocycles. The Labute approximate surface area is 169 Å². The van der Waals surface area contributed by atoms with E-state index in [0.717, 1.165) is 16.7 Å². The van der Waals surface area contributed by atoms with Gasteiger partial charge in [-0.05, 0) is 42.3 Å². The number of amides is 1. The van der Waals surface area contributed by atoms with Crippen LogP contribution in [0.5, 0.6) is 0 Å². The monoisotopic (exact) mass is 398 g/mol. The molecule has 2 aromatic carbocycles. The Morgan fingerprint density at radius 2 is 1.89 bits per heavy atom. The Bertz CT molecular complexity index is 906. The maximum absolute atomic E-state index is 12.2. The molecule has 1 N–H and O–H groups in total. The fraction of sp³-hybridized carbons (Fsp3) is 0.273. The smallest absolute Gasteiger partial charge is 0.220 e. The highest BCUT2D eigenvalue weighted by Crippen LogP contribution is 2.22. The molecule has 1 aromatic heterocycles. The van der Waals surface area contributed by atoms with Crippen LogP contribution in [0.3, 0.4) is 0 Å². The third-order valence-corrected chi connectivity index (χ3v) is 4.56. The quantitative estimate of drug-likeness (QED) is 0.563. The van der Waals surface area contributed by atoms with Gasteiger partial charge in [0, 0.05) is 36.6 Å². The molecule has 0 bridgehead atoms. The number of benzene rings is 2. The summed E-state index contributed by atoms with van der Waals surface area (Å²) in [6.07, 6.45) is 2.43. The highest BCUT2D eigenvalue weighted by atomic mass is 35.5. The second-order valence-corrected chi connectivity index (χ2v) is 6.74. The largest absolute Gasteiger partial charge is 0.441 e. The third kappa shape index (κ3) is 5.68. The van der Waals surface area contributed by atoms with E-state index in [-0.39, 0.29) is 5.91 Å². The lowest BCUT2D eigenvalue weighted by molar-refractivity contribution is -0.121. The number of carbonyl (C=O) groups is 1. The van der Waals surface area contributed by atoms with Crippen LogP contribution in [0.4, 0.5) is 0 Å². The number of halogens is 1.